The molecule has 430 valence electrons. The van der Waals surface area contributed by atoms with Gasteiger partial charge in [0.15, 0.2) is 0 Å². The molecule has 0 aromatic carbocycles. The average Bonchev–Trinajstić information content (AvgIpc) is 3.39. The Labute approximate surface area is 455 Å². The first-order chi connectivity index (χ1) is 36.0. The molecule has 3 N–H and O–H groups in total. The highest BCUT2D eigenvalue weighted by Crippen LogP contribution is 2.18. The van der Waals surface area contributed by atoms with Gasteiger partial charge in [0.25, 0.3) is 0 Å². The Kier molecular flexibility index (Phi) is 61.0. The highest BCUT2D eigenvalue weighted by atomic mass is 16.5. The van der Waals surface area contributed by atoms with Gasteiger partial charge in [-0.3, -0.25) is 9.59 Å². The number of amides is 1. The Balaban J connectivity index is 3.40. The monoisotopic (exact) mass is 1030 g/mol. The van der Waals surface area contributed by atoms with Gasteiger partial charge in [0, 0.05) is 12.8 Å². The summed E-state index contributed by atoms with van der Waals surface area (Å²) in [7, 11) is 0. The largest absolute Gasteiger partial charge is 0.466 e. The normalized spacial score (nSPS) is 12.8. The maximum absolute atomic E-state index is 12.5. The first-order valence-corrected chi connectivity index (χ1v) is 32.8. The molecular formula is C67H127NO5. The molecule has 0 aliphatic heterocycles. The molecule has 0 radical (unpaired) electrons. The number of hydrogen-bond acceptors (Lipinski definition) is 5. The molecule has 73 heavy (non-hydrogen) atoms. The van der Waals surface area contributed by atoms with E-state index in [-0.39, 0.29) is 18.5 Å². The minimum absolute atomic E-state index is 0.00521. The van der Waals surface area contributed by atoms with E-state index >= 15 is 0 Å². The number of unbranched alkanes of at least 4 members (excludes halogenated alkanes) is 46. The van der Waals surface area contributed by atoms with E-state index in [2.05, 4.69) is 43.5 Å². The quantitative estimate of drug-likeness (QED) is 0.0320. The van der Waals surface area contributed by atoms with Crippen LogP contribution in [-0.4, -0.2) is 47.4 Å². The third kappa shape index (κ3) is 59.2. The minimum atomic E-state index is -0.845. The molecule has 0 aromatic heterocycles. The van der Waals surface area contributed by atoms with Crippen molar-refractivity contribution >= 4 is 11.9 Å². The van der Waals surface area contributed by atoms with Crippen molar-refractivity contribution < 1.29 is 24.5 Å². The van der Waals surface area contributed by atoms with E-state index in [1.54, 1.807) is 6.08 Å². The van der Waals surface area contributed by atoms with Crippen molar-refractivity contribution in [1.29, 1.82) is 0 Å². The van der Waals surface area contributed by atoms with Crippen LogP contribution in [0.1, 0.15) is 354 Å². The summed E-state index contributed by atoms with van der Waals surface area (Å²) in [5.41, 5.74) is 0. The van der Waals surface area contributed by atoms with Gasteiger partial charge in [-0.15, -0.1) is 0 Å². The third-order valence-corrected chi connectivity index (χ3v) is 15.2. The molecule has 0 saturated heterocycles. The lowest BCUT2D eigenvalue weighted by molar-refractivity contribution is -0.143. The van der Waals surface area contributed by atoms with Gasteiger partial charge in [0.2, 0.25) is 5.91 Å². The van der Waals surface area contributed by atoms with Crippen molar-refractivity contribution in [1.82, 2.24) is 5.32 Å². The number of esters is 1. The number of ether oxygens (including phenoxy) is 1. The molecule has 0 heterocycles. The van der Waals surface area contributed by atoms with Gasteiger partial charge in [-0.05, 0) is 64.2 Å². The zero-order valence-electron chi connectivity index (χ0n) is 49.1. The van der Waals surface area contributed by atoms with E-state index in [4.69, 9.17) is 4.74 Å². The van der Waals surface area contributed by atoms with Gasteiger partial charge in [-0.2, -0.15) is 0 Å². The van der Waals surface area contributed by atoms with Crippen molar-refractivity contribution in [2.24, 2.45) is 0 Å². The Morgan fingerprint density at radius 2 is 0.685 bits per heavy atom. The van der Waals surface area contributed by atoms with Crippen LogP contribution in [0.2, 0.25) is 0 Å². The molecule has 0 aliphatic rings. The van der Waals surface area contributed by atoms with Crippen LogP contribution >= 0.6 is 0 Å². The predicted octanol–water partition coefficient (Wildman–Crippen LogP) is 20.8. The lowest BCUT2D eigenvalue weighted by Gasteiger charge is -2.20. The van der Waals surface area contributed by atoms with Crippen LogP contribution in [0.5, 0.6) is 0 Å². The van der Waals surface area contributed by atoms with Crippen LogP contribution in [-0.2, 0) is 14.3 Å². The van der Waals surface area contributed by atoms with Crippen LogP contribution in [0, 0.1) is 0 Å². The zero-order valence-corrected chi connectivity index (χ0v) is 49.1. The summed E-state index contributed by atoms with van der Waals surface area (Å²) in [4.78, 5) is 24.6. The Bertz CT molecular complexity index is 1180. The molecule has 6 heteroatoms. The zero-order chi connectivity index (χ0) is 52.9. The van der Waals surface area contributed by atoms with E-state index in [9.17, 15) is 19.8 Å². The lowest BCUT2D eigenvalue weighted by Crippen LogP contribution is -2.45. The molecule has 1 amide bonds. The van der Waals surface area contributed by atoms with Crippen LogP contribution in [0.4, 0.5) is 0 Å². The SMILES string of the molecule is CCCCC/C=C\C/C=C\CCCCCCCCCC(=O)OCCCCCCCCCCCCCCCCCCCCCCCCC(=O)NC(CO)C(O)/C=C/CCCCCCCCCCCCCCCCC. The fraction of sp³-hybridized carbons (Fsp3) is 0.881. The van der Waals surface area contributed by atoms with Crippen LogP contribution in [0.3, 0.4) is 0 Å². The molecular weight excluding hydrogens is 899 g/mol. The van der Waals surface area contributed by atoms with E-state index in [1.165, 1.54) is 276 Å². The number of nitrogens with one attached hydrogen (secondary N) is 1. The van der Waals surface area contributed by atoms with E-state index in [1.807, 2.05) is 6.08 Å². The third-order valence-electron chi connectivity index (χ3n) is 15.2. The minimum Gasteiger partial charge on any atom is -0.466 e. The summed E-state index contributed by atoms with van der Waals surface area (Å²) in [5, 5.41) is 23.2. The molecule has 0 saturated carbocycles. The molecule has 0 aromatic rings. The molecule has 0 fully saturated rings. The van der Waals surface area contributed by atoms with E-state index in [0.717, 1.165) is 51.4 Å². The van der Waals surface area contributed by atoms with E-state index < -0.39 is 12.1 Å². The second kappa shape index (κ2) is 62.6. The first kappa shape index (κ1) is 71.1. The number of carbonyl (C=O) groups excluding carboxylic acids is 2. The molecule has 0 spiro atoms. The maximum atomic E-state index is 12.5. The van der Waals surface area contributed by atoms with Gasteiger partial charge in [0.1, 0.15) is 0 Å². The van der Waals surface area contributed by atoms with Crippen molar-refractivity contribution in [3.8, 4) is 0 Å². The van der Waals surface area contributed by atoms with Crippen molar-refractivity contribution in [3.63, 3.8) is 0 Å². The smallest absolute Gasteiger partial charge is 0.305 e. The molecule has 2 unspecified atom stereocenters. The number of allylic oxidation sites excluding steroid dienone is 5. The average molecular weight is 1030 g/mol. The standard InChI is InChI=1S/C67H127NO5/c1-3-5-7-9-11-13-15-17-19-27-31-35-39-43-47-51-55-59-65(70)64(63-69)68-66(71)60-56-52-48-44-40-36-32-29-25-23-21-22-24-26-30-34-38-42-46-50-54-58-62-73-67(72)61-57-53-49-45-41-37-33-28-20-18-16-14-12-10-8-6-4-2/h12,14,18,20,55,59,64-65,69-70H,3-11,13,15-17,19,21-54,56-58,60-63H2,1-2H3,(H,68,71)/b14-12-,20-18-,59-55+. The number of aliphatic hydroxyl groups excluding tert-OH is 2. The number of aliphatic hydroxyl groups is 2. The van der Waals surface area contributed by atoms with Crippen LogP contribution in [0.25, 0.3) is 0 Å². The number of rotatable bonds is 61. The molecule has 0 bridgehead atoms. The summed E-state index contributed by atoms with van der Waals surface area (Å²) in [6, 6.07) is -0.629. The molecule has 6 nitrogen and oxygen atoms in total. The Morgan fingerprint density at radius 3 is 1.07 bits per heavy atom. The molecule has 0 rings (SSSR count). The lowest BCUT2D eigenvalue weighted by atomic mass is 10.0. The van der Waals surface area contributed by atoms with Crippen LogP contribution in [0.15, 0.2) is 36.5 Å². The van der Waals surface area contributed by atoms with Crippen LogP contribution < -0.4 is 5.32 Å². The second-order valence-corrected chi connectivity index (χ2v) is 22.5. The number of carbonyl (C=O) groups is 2. The summed E-state index contributed by atoms with van der Waals surface area (Å²) < 4.78 is 5.49. The van der Waals surface area contributed by atoms with E-state index in [0.29, 0.717) is 19.4 Å². The first-order valence-electron chi connectivity index (χ1n) is 32.8. The fourth-order valence-electron chi connectivity index (χ4n) is 10.1. The maximum Gasteiger partial charge on any atom is 0.305 e. The van der Waals surface area contributed by atoms with Crippen molar-refractivity contribution in [2.75, 3.05) is 13.2 Å². The van der Waals surface area contributed by atoms with Gasteiger partial charge in [-0.25, -0.2) is 0 Å². The summed E-state index contributed by atoms with van der Waals surface area (Å²) in [5.74, 6) is -0.0608. The molecule has 0 aliphatic carbocycles. The van der Waals surface area contributed by atoms with Crippen molar-refractivity contribution in [3.05, 3.63) is 36.5 Å². The topological polar surface area (TPSA) is 95.9 Å². The van der Waals surface area contributed by atoms with Gasteiger partial charge < -0.3 is 20.3 Å². The fourth-order valence-corrected chi connectivity index (χ4v) is 10.1. The molecule has 2 atom stereocenters. The van der Waals surface area contributed by atoms with Gasteiger partial charge >= 0.3 is 5.97 Å². The highest BCUT2D eigenvalue weighted by Gasteiger charge is 2.18. The van der Waals surface area contributed by atoms with Gasteiger partial charge in [0.05, 0.1) is 25.4 Å². The van der Waals surface area contributed by atoms with Crippen molar-refractivity contribution in [2.45, 2.75) is 366 Å². The Hall–Kier alpha value is -1.92. The summed E-state index contributed by atoms with van der Waals surface area (Å²) >= 11 is 0. The van der Waals surface area contributed by atoms with Gasteiger partial charge in [-0.1, -0.05) is 314 Å². The summed E-state index contributed by atoms with van der Waals surface area (Å²) in [6.45, 7) is 4.90. The highest BCUT2D eigenvalue weighted by molar-refractivity contribution is 5.76. The predicted molar refractivity (Wildman–Crippen MR) is 319 cm³/mol. The second-order valence-electron chi connectivity index (χ2n) is 22.5. The Morgan fingerprint density at radius 1 is 0.384 bits per heavy atom. The number of hydrogen-bond donors (Lipinski definition) is 3. The summed E-state index contributed by atoms with van der Waals surface area (Å²) in [6.07, 6.45) is 79.0.